The number of methoxy groups -OCH3 is 1. The SMILES string of the molecule is COc1ccc(Br)cc1C=NNC(=O)CCC(=O)Nc1cc(C)ccc1C. The highest BCUT2D eigenvalue weighted by atomic mass is 79.9. The molecule has 142 valence electrons. The van der Waals surface area contributed by atoms with Gasteiger partial charge in [-0.05, 0) is 49.2 Å². The standard InChI is InChI=1S/C20H22BrN3O3/c1-13-4-5-14(2)17(10-13)23-19(25)8-9-20(26)24-22-12-15-11-16(21)6-7-18(15)27-3/h4-7,10-12H,8-9H2,1-3H3,(H,23,25)(H,24,26). The summed E-state index contributed by atoms with van der Waals surface area (Å²) in [5.74, 6) is 0.0944. The first kappa shape index (κ1) is 20.6. The lowest BCUT2D eigenvalue weighted by molar-refractivity contribution is -0.124. The number of nitrogens with one attached hydrogen (secondary N) is 2. The van der Waals surface area contributed by atoms with Crippen molar-refractivity contribution in [2.24, 2.45) is 5.10 Å². The molecular weight excluding hydrogens is 410 g/mol. The molecule has 0 aliphatic rings. The van der Waals surface area contributed by atoms with Gasteiger partial charge in [-0.15, -0.1) is 0 Å². The summed E-state index contributed by atoms with van der Waals surface area (Å²) in [6.45, 7) is 3.88. The van der Waals surface area contributed by atoms with E-state index < -0.39 is 0 Å². The maximum atomic E-state index is 12.0. The van der Waals surface area contributed by atoms with E-state index in [0.29, 0.717) is 5.75 Å². The molecule has 0 unspecified atom stereocenters. The molecule has 0 saturated carbocycles. The number of anilines is 1. The van der Waals surface area contributed by atoms with Crippen LogP contribution in [0.3, 0.4) is 0 Å². The third-order valence-corrected chi connectivity index (χ3v) is 4.32. The lowest BCUT2D eigenvalue weighted by Crippen LogP contribution is -2.21. The minimum absolute atomic E-state index is 0.0453. The molecule has 0 aromatic heterocycles. The number of carbonyl (C=O) groups is 2. The van der Waals surface area contributed by atoms with Gasteiger partial charge in [0.2, 0.25) is 11.8 Å². The first-order valence-corrected chi connectivity index (χ1v) is 9.21. The van der Waals surface area contributed by atoms with E-state index in [2.05, 4.69) is 31.8 Å². The minimum Gasteiger partial charge on any atom is -0.496 e. The van der Waals surface area contributed by atoms with E-state index in [1.807, 2.05) is 44.2 Å². The summed E-state index contributed by atoms with van der Waals surface area (Å²) < 4.78 is 6.11. The van der Waals surface area contributed by atoms with Crippen LogP contribution < -0.4 is 15.5 Å². The molecule has 27 heavy (non-hydrogen) atoms. The summed E-state index contributed by atoms with van der Waals surface area (Å²) >= 11 is 3.37. The Balaban J connectivity index is 1.83. The van der Waals surface area contributed by atoms with E-state index in [0.717, 1.165) is 26.9 Å². The molecule has 2 aromatic rings. The normalized spacial score (nSPS) is 10.7. The topological polar surface area (TPSA) is 79.8 Å². The van der Waals surface area contributed by atoms with Crippen molar-refractivity contribution in [3.05, 3.63) is 57.6 Å². The molecule has 0 bridgehead atoms. The van der Waals surface area contributed by atoms with Crippen LogP contribution in [0.15, 0.2) is 46.0 Å². The van der Waals surface area contributed by atoms with E-state index in [9.17, 15) is 9.59 Å². The number of amides is 2. The average Bonchev–Trinajstić information content (AvgIpc) is 2.63. The van der Waals surface area contributed by atoms with Gasteiger partial charge in [0, 0.05) is 28.6 Å². The molecule has 2 aromatic carbocycles. The molecule has 0 saturated heterocycles. The fourth-order valence-electron chi connectivity index (χ4n) is 2.35. The predicted molar refractivity (Wildman–Crippen MR) is 110 cm³/mol. The molecule has 2 rings (SSSR count). The van der Waals surface area contributed by atoms with Gasteiger partial charge in [0.1, 0.15) is 5.75 Å². The molecular formula is C20H22BrN3O3. The predicted octanol–water partition coefficient (Wildman–Crippen LogP) is 3.94. The van der Waals surface area contributed by atoms with E-state index in [1.165, 1.54) is 6.21 Å². The summed E-state index contributed by atoms with van der Waals surface area (Å²) in [6.07, 6.45) is 1.62. The zero-order valence-corrected chi connectivity index (χ0v) is 17.1. The number of benzene rings is 2. The zero-order valence-electron chi connectivity index (χ0n) is 15.5. The number of hydrogen-bond donors (Lipinski definition) is 2. The van der Waals surface area contributed by atoms with Crippen LogP contribution in [0.2, 0.25) is 0 Å². The van der Waals surface area contributed by atoms with Gasteiger partial charge in [0.25, 0.3) is 0 Å². The molecule has 0 heterocycles. The number of hydrazone groups is 1. The Labute approximate surface area is 167 Å². The first-order valence-electron chi connectivity index (χ1n) is 8.41. The second kappa shape index (κ2) is 9.87. The first-order chi connectivity index (χ1) is 12.9. The van der Waals surface area contributed by atoms with E-state index >= 15 is 0 Å². The Kier molecular flexibility index (Phi) is 7.55. The third-order valence-electron chi connectivity index (χ3n) is 3.83. The average molecular weight is 432 g/mol. The number of aryl methyl sites for hydroxylation is 2. The Bertz CT molecular complexity index is 866. The third kappa shape index (κ3) is 6.53. The molecule has 2 amide bonds. The second-order valence-electron chi connectivity index (χ2n) is 6.05. The monoisotopic (exact) mass is 431 g/mol. The lowest BCUT2D eigenvalue weighted by atomic mass is 10.1. The maximum absolute atomic E-state index is 12.0. The number of carbonyl (C=O) groups excluding carboxylic acids is 2. The van der Waals surface area contributed by atoms with Crippen molar-refractivity contribution in [1.29, 1.82) is 0 Å². The maximum Gasteiger partial charge on any atom is 0.240 e. The van der Waals surface area contributed by atoms with Gasteiger partial charge in [-0.1, -0.05) is 28.1 Å². The Morgan fingerprint density at radius 1 is 1.11 bits per heavy atom. The van der Waals surface area contributed by atoms with Crippen molar-refractivity contribution in [3.8, 4) is 5.75 Å². The highest BCUT2D eigenvalue weighted by Crippen LogP contribution is 2.21. The number of nitrogens with zero attached hydrogens (tertiary/aromatic N) is 1. The molecule has 7 heteroatoms. The van der Waals surface area contributed by atoms with Crippen LogP contribution in [-0.4, -0.2) is 25.1 Å². The smallest absolute Gasteiger partial charge is 0.240 e. The van der Waals surface area contributed by atoms with E-state index in [-0.39, 0.29) is 24.7 Å². The molecule has 0 radical (unpaired) electrons. The van der Waals surface area contributed by atoms with Crippen molar-refractivity contribution in [1.82, 2.24) is 5.43 Å². The number of rotatable bonds is 7. The van der Waals surface area contributed by atoms with E-state index in [4.69, 9.17) is 4.74 Å². The summed E-state index contributed by atoms with van der Waals surface area (Å²) in [6, 6.07) is 11.3. The molecule has 6 nitrogen and oxygen atoms in total. The molecule has 0 aliphatic heterocycles. The molecule has 2 N–H and O–H groups in total. The number of halogens is 1. The van der Waals surface area contributed by atoms with Gasteiger partial charge in [-0.3, -0.25) is 9.59 Å². The second-order valence-corrected chi connectivity index (χ2v) is 6.96. The van der Waals surface area contributed by atoms with Crippen molar-refractivity contribution in [2.45, 2.75) is 26.7 Å². The van der Waals surface area contributed by atoms with Gasteiger partial charge in [0.15, 0.2) is 0 Å². The van der Waals surface area contributed by atoms with E-state index in [1.54, 1.807) is 13.2 Å². The Morgan fingerprint density at radius 2 is 1.85 bits per heavy atom. The quantitative estimate of drug-likeness (QED) is 0.514. The Hall–Kier alpha value is -2.67. The Morgan fingerprint density at radius 3 is 2.59 bits per heavy atom. The van der Waals surface area contributed by atoms with Gasteiger partial charge < -0.3 is 10.1 Å². The number of hydrogen-bond acceptors (Lipinski definition) is 4. The number of ether oxygens (including phenoxy) is 1. The van der Waals surface area contributed by atoms with Crippen molar-refractivity contribution in [3.63, 3.8) is 0 Å². The largest absolute Gasteiger partial charge is 0.496 e. The van der Waals surface area contributed by atoms with Gasteiger partial charge in [0.05, 0.1) is 13.3 Å². The summed E-state index contributed by atoms with van der Waals surface area (Å²) in [7, 11) is 1.56. The van der Waals surface area contributed by atoms with Gasteiger partial charge >= 0.3 is 0 Å². The van der Waals surface area contributed by atoms with Crippen LogP contribution in [0.1, 0.15) is 29.5 Å². The van der Waals surface area contributed by atoms with Crippen LogP contribution >= 0.6 is 15.9 Å². The van der Waals surface area contributed by atoms with Crippen LogP contribution in [0, 0.1) is 13.8 Å². The molecule has 0 fully saturated rings. The molecule has 0 spiro atoms. The van der Waals surface area contributed by atoms with Crippen molar-refractivity contribution < 1.29 is 14.3 Å². The van der Waals surface area contributed by atoms with Crippen molar-refractivity contribution >= 4 is 39.6 Å². The summed E-state index contributed by atoms with van der Waals surface area (Å²) in [5, 5.41) is 6.75. The van der Waals surface area contributed by atoms with Crippen LogP contribution in [-0.2, 0) is 9.59 Å². The highest BCUT2D eigenvalue weighted by molar-refractivity contribution is 9.10. The zero-order chi connectivity index (χ0) is 19.8. The minimum atomic E-state index is -0.337. The highest BCUT2D eigenvalue weighted by Gasteiger charge is 2.08. The fourth-order valence-corrected chi connectivity index (χ4v) is 2.72. The van der Waals surface area contributed by atoms with Crippen LogP contribution in [0.4, 0.5) is 5.69 Å². The molecule has 0 aliphatic carbocycles. The van der Waals surface area contributed by atoms with Crippen molar-refractivity contribution in [2.75, 3.05) is 12.4 Å². The van der Waals surface area contributed by atoms with Crippen LogP contribution in [0.5, 0.6) is 5.75 Å². The lowest BCUT2D eigenvalue weighted by Gasteiger charge is -2.09. The van der Waals surface area contributed by atoms with Crippen LogP contribution in [0.25, 0.3) is 0 Å². The molecule has 0 atom stereocenters. The van der Waals surface area contributed by atoms with Gasteiger partial charge in [-0.25, -0.2) is 5.43 Å². The fraction of sp³-hybridized carbons (Fsp3) is 0.250. The summed E-state index contributed by atoms with van der Waals surface area (Å²) in [5.41, 5.74) is 5.95. The summed E-state index contributed by atoms with van der Waals surface area (Å²) in [4.78, 5) is 23.9. The van der Waals surface area contributed by atoms with Gasteiger partial charge in [-0.2, -0.15) is 5.10 Å².